The molecule has 2 fully saturated rings. The molecule has 1 aliphatic heterocycles. The number of ether oxygens (including phenoxy) is 1. The minimum absolute atomic E-state index is 0.000719. The lowest BCUT2D eigenvalue weighted by Gasteiger charge is -2.33. The number of hydrogen-bond acceptors (Lipinski definition) is 3. The van der Waals surface area contributed by atoms with Gasteiger partial charge < -0.3 is 14.7 Å². The molecule has 3 rings (SSSR count). The Bertz CT molecular complexity index is 676. The zero-order chi connectivity index (χ0) is 18.2. The molecule has 3 unspecified atom stereocenters. The van der Waals surface area contributed by atoms with E-state index in [9.17, 15) is 27.9 Å². The number of fused-ring (bicyclic) bond motifs is 1. The van der Waals surface area contributed by atoms with Crippen molar-refractivity contribution in [3.05, 3.63) is 29.8 Å². The Labute approximate surface area is 142 Å². The first-order valence-corrected chi connectivity index (χ1v) is 8.17. The number of benzene rings is 1. The summed E-state index contributed by atoms with van der Waals surface area (Å²) in [6.07, 6.45) is -0.953. The van der Waals surface area contributed by atoms with Crippen LogP contribution in [-0.2, 0) is 4.79 Å². The molecule has 2 aliphatic rings. The standard InChI is InChI=1S/C17H18F3NO4/c18-17(19,20)25-12-6-3-5-11(8-12)15(22)21-13-7-2-1-4-10(13)9-14(21)16(23)24/h3,5-6,8,10,13-14H,1-2,4,7,9H2,(H,23,24). The quantitative estimate of drug-likeness (QED) is 0.900. The molecule has 1 amide bonds. The SMILES string of the molecule is O=C(O)C1CC2CCCCC2N1C(=O)c1cccc(OC(F)(F)F)c1. The average molecular weight is 357 g/mol. The summed E-state index contributed by atoms with van der Waals surface area (Å²) in [7, 11) is 0. The second kappa shape index (κ2) is 6.57. The molecular formula is C17H18F3NO4. The van der Waals surface area contributed by atoms with Crippen molar-refractivity contribution in [1.29, 1.82) is 0 Å². The molecule has 1 aliphatic carbocycles. The molecule has 5 nitrogen and oxygen atoms in total. The lowest BCUT2D eigenvalue weighted by molar-refractivity contribution is -0.274. The fourth-order valence-electron chi connectivity index (χ4n) is 3.95. The van der Waals surface area contributed by atoms with Crippen LogP contribution in [0.5, 0.6) is 5.75 Å². The maximum Gasteiger partial charge on any atom is 0.573 e. The van der Waals surface area contributed by atoms with Crippen LogP contribution in [0.4, 0.5) is 13.2 Å². The van der Waals surface area contributed by atoms with Crippen LogP contribution in [0.15, 0.2) is 24.3 Å². The van der Waals surface area contributed by atoms with Gasteiger partial charge in [0.15, 0.2) is 0 Å². The molecule has 0 aromatic heterocycles. The fourth-order valence-corrected chi connectivity index (χ4v) is 3.95. The fraction of sp³-hybridized carbons (Fsp3) is 0.529. The molecule has 136 valence electrons. The molecule has 0 spiro atoms. The molecule has 1 heterocycles. The van der Waals surface area contributed by atoms with Crippen LogP contribution in [0.2, 0.25) is 0 Å². The highest BCUT2D eigenvalue weighted by Gasteiger charge is 2.47. The Morgan fingerprint density at radius 3 is 2.60 bits per heavy atom. The zero-order valence-electron chi connectivity index (χ0n) is 13.3. The topological polar surface area (TPSA) is 66.8 Å². The minimum atomic E-state index is -4.85. The number of rotatable bonds is 3. The molecule has 1 aromatic carbocycles. The number of halogens is 3. The molecular weight excluding hydrogens is 339 g/mol. The monoisotopic (exact) mass is 357 g/mol. The van der Waals surface area contributed by atoms with E-state index in [2.05, 4.69) is 4.74 Å². The number of carboxylic acids is 1. The lowest BCUT2D eigenvalue weighted by Crippen LogP contribution is -2.46. The van der Waals surface area contributed by atoms with Crippen molar-refractivity contribution < 1.29 is 32.6 Å². The van der Waals surface area contributed by atoms with E-state index in [1.165, 1.54) is 17.0 Å². The number of hydrogen-bond donors (Lipinski definition) is 1. The predicted octanol–water partition coefficient (Wildman–Crippen LogP) is 3.44. The van der Waals surface area contributed by atoms with E-state index in [1.54, 1.807) is 0 Å². The van der Waals surface area contributed by atoms with Gasteiger partial charge in [-0.3, -0.25) is 4.79 Å². The molecule has 8 heteroatoms. The van der Waals surface area contributed by atoms with Gasteiger partial charge in [0.25, 0.3) is 5.91 Å². The third kappa shape index (κ3) is 3.72. The Kier molecular flexibility index (Phi) is 4.62. The zero-order valence-corrected chi connectivity index (χ0v) is 13.3. The van der Waals surface area contributed by atoms with E-state index in [1.807, 2.05) is 0 Å². The first-order valence-electron chi connectivity index (χ1n) is 8.17. The van der Waals surface area contributed by atoms with Gasteiger partial charge in [0.1, 0.15) is 11.8 Å². The number of alkyl halides is 3. The van der Waals surface area contributed by atoms with Crippen LogP contribution in [-0.4, -0.2) is 40.3 Å². The van der Waals surface area contributed by atoms with Crippen LogP contribution >= 0.6 is 0 Å². The second-order valence-electron chi connectivity index (χ2n) is 6.49. The van der Waals surface area contributed by atoms with E-state index in [0.29, 0.717) is 6.42 Å². The second-order valence-corrected chi connectivity index (χ2v) is 6.49. The average Bonchev–Trinajstić information content (AvgIpc) is 2.92. The molecule has 25 heavy (non-hydrogen) atoms. The molecule has 0 bridgehead atoms. The van der Waals surface area contributed by atoms with E-state index in [-0.39, 0.29) is 17.5 Å². The first-order chi connectivity index (χ1) is 11.8. The van der Waals surface area contributed by atoms with Gasteiger partial charge >= 0.3 is 12.3 Å². The predicted molar refractivity (Wildman–Crippen MR) is 81.1 cm³/mol. The highest BCUT2D eigenvalue weighted by molar-refractivity contribution is 5.97. The summed E-state index contributed by atoms with van der Waals surface area (Å²) in [6, 6.07) is 3.67. The van der Waals surface area contributed by atoms with E-state index < -0.39 is 30.0 Å². The van der Waals surface area contributed by atoms with Gasteiger partial charge in [-0.1, -0.05) is 18.9 Å². The van der Waals surface area contributed by atoms with Gasteiger partial charge in [0, 0.05) is 11.6 Å². The maximum absolute atomic E-state index is 12.9. The molecule has 1 saturated heterocycles. The summed E-state index contributed by atoms with van der Waals surface area (Å²) in [4.78, 5) is 25.8. The lowest BCUT2D eigenvalue weighted by atomic mass is 9.84. The van der Waals surface area contributed by atoms with Gasteiger partial charge in [-0.15, -0.1) is 13.2 Å². The molecule has 0 radical (unpaired) electrons. The van der Waals surface area contributed by atoms with Gasteiger partial charge in [0.05, 0.1) is 0 Å². The molecule has 1 aromatic rings. The van der Waals surface area contributed by atoms with Crippen LogP contribution in [0.3, 0.4) is 0 Å². The number of carbonyl (C=O) groups excluding carboxylic acids is 1. The number of carbonyl (C=O) groups is 2. The smallest absolute Gasteiger partial charge is 0.480 e. The first kappa shape index (κ1) is 17.6. The Morgan fingerprint density at radius 1 is 1.20 bits per heavy atom. The van der Waals surface area contributed by atoms with Crippen molar-refractivity contribution in [3.8, 4) is 5.75 Å². The van der Waals surface area contributed by atoms with Crippen LogP contribution in [0.25, 0.3) is 0 Å². The number of amides is 1. The van der Waals surface area contributed by atoms with Crippen molar-refractivity contribution in [2.24, 2.45) is 5.92 Å². The molecule has 1 saturated carbocycles. The van der Waals surface area contributed by atoms with Gasteiger partial charge in [-0.2, -0.15) is 0 Å². The number of aliphatic carboxylic acids is 1. The summed E-state index contributed by atoms with van der Waals surface area (Å²) < 4.78 is 41.0. The Balaban J connectivity index is 1.87. The van der Waals surface area contributed by atoms with Gasteiger partial charge in [-0.25, -0.2) is 4.79 Å². The third-order valence-electron chi connectivity index (χ3n) is 4.92. The van der Waals surface area contributed by atoms with Crippen molar-refractivity contribution in [3.63, 3.8) is 0 Å². The van der Waals surface area contributed by atoms with Crippen molar-refractivity contribution in [2.45, 2.75) is 50.6 Å². The summed E-state index contributed by atoms with van der Waals surface area (Å²) >= 11 is 0. The maximum atomic E-state index is 12.9. The summed E-state index contributed by atoms with van der Waals surface area (Å²) in [5, 5.41) is 9.47. The Morgan fingerprint density at radius 2 is 1.92 bits per heavy atom. The van der Waals surface area contributed by atoms with E-state index in [0.717, 1.165) is 37.8 Å². The molecule has 3 atom stereocenters. The van der Waals surface area contributed by atoms with Crippen molar-refractivity contribution in [1.82, 2.24) is 4.90 Å². The normalized spacial score (nSPS) is 26.2. The van der Waals surface area contributed by atoms with Gasteiger partial charge in [0.2, 0.25) is 0 Å². The largest absolute Gasteiger partial charge is 0.573 e. The van der Waals surface area contributed by atoms with E-state index in [4.69, 9.17) is 0 Å². The van der Waals surface area contributed by atoms with Crippen molar-refractivity contribution in [2.75, 3.05) is 0 Å². The number of likely N-dealkylation sites (tertiary alicyclic amines) is 1. The van der Waals surface area contributed by atoms with E-state index >= 15 is 0 Å². The Hall–Kier alpha value is -2.25. The number of nitrogens with zero attached hydrogens (tertiary/aromatic N) is 1. The van der Waals surface area contributed by atoms with Crippen LogP contribution in [0, 0.1) is 5.92 Å². The van der Waals surface area contributed by atoms with Gasteiger partial charge in [-0.05, 0) is 43.4 Å². The summed E-state index contributed by atoms with van der Waals surface area (Å²) in [5.41, 5.74) is -0.000719. The molecule has 1 N–H and O–H groups in total. The highest BCUT2D eigenvalue weighted by Crippen LogP contribution is 2.40. The van der Waals surface area contributed by atoms with Crippen molar-refractivity contribution >= 4 is 11.9 Å². The van der Waals surface area contributed by atoms with Crippen LogP contribution < -0.4 is 4.74 Å². The minimum Gasteiger partial charge on any atom is -0.480 e. The van der Waals surface area contributed by atoms with Crippen LogP contribution in [0.1, 0.15) is 42.5 Å². The third-order valence-corrected chi connectivity index (χ3v) is 4.92. The number of carboxylic acid groups (broad SMARTS) is 1. The summed E-state index contributed by atoms with van der Waals surface area (Å²) in [5.74, 6) is -2.00. The highest BCUT2D eigenvalue weighted by atomic mass is 19.4. The summed E-state index contributed by atoms with van der Waals surface area (Å²) in [6.45, 7) is 0.